The average Bonchev–Trinajstić information content (AvgIpc) is 3.16. The minimum absolute atomic E-state index is 0.0120. The van der Waals surface area contributed by atoms with Crippen molar-refractivity contribution in [1.82, 2.24) is 4.98 Å². The maximum absolute atomic E-state index is 10.9. The van der Waals surface area contributed by atoms with E-state index in [9.17, 15) is 4.79 Å². The van der Waals surface area contributed by atoms with Crippen molar-refractivity contribution in [2.45, 2.75) is 31.3 Å². The average molecular weight is 317 g/mol. The summed E-state index contributed by atoms with van der Waals surface area (Å²) >= 11 is 4.97. The van der Waals surface area contributed by atoms with Gasteiger partial charge in [-0.05, 0) is 41.1 Å². The number of thiazole rings is 1. The molecule has 2 aliphatic carbocycles. The number of carbonyl (C=O) groups excluding carboxylic acids is 1. The molecule has 2 aliphatic rings. The summed E-state index contributed by atoms with van der Waals surface area (Å²) in [7, 11) is 0. The smallest absolute Gasteiger partial charge is 0.404 e. The van der Waals surface area contributed by atoms with Crippen molar-refractivity contribution in [1.29, 1.82) is 0 Å². The number of aromatic nitrogens is 1. The van der Waals surface area contributed by atoms with Gasteiger partial charge in [0.2, 0.25) is 0 Å². The van der Waals surface area contributed by atoms with E-state index >= 15 is 0 Å². The Labute approximate surface area is 112 Å². The Bertz CT molecular complexity index is 446. The zero-order chi connectivity index (χ0) is 12.0. The molecule has 4 nitrogen and oxygen atoms in total. The molecule has 0 spiro atoms. The normalized spacial score (nSPS) is 28.8. The number of hydrogen-bond acceptors (Lipinski definition) is 4. The number of nitrogens with two attached hydrogens (primary N) is 1. The summed E-state index contributed by atoms with van der Waals surface area (Å²) in [6, 6.07) is 0. The van der Waals surface area contributed by atoms with E-state index in [0.29, 0.717) is 17.8 Å². The van der Waals surface area contributed by atoms with Gasteiger partial charge in [0.15, 0.2) is 3.92 Å². The van der Waals surface area contributed by atoms with E-state index in [4.69, 9.17) is 10.5 Å². The third-order valence-corrected chi connectivity index (χ3v) is 4.86. The maximum atomic E-state index is 10.9. The SMILES string of the molecule is NC(=O)OC(C1CC1)[C@@H]1C[C@H]1c1csc(Br)n1. The number of carbonyl (C=O) groups is 1. The molecule has 1 aromatic rings. The van der Waals surface area contributed by atoms with Crippen molar-refractivity contribution in [2.75, 3.05) is 0 Å². The van der Waals surface area contributed by atoms with Crippen LogP contribution in [0.2, 0.25) is 0 Å². The highest BCUT2D eigenvalue weighted by molar-refractivity contribution is 9.11. The molecule has 3 rings (SSSR count). The van der Waals surface area contributed by atoms with Gasteiger partial charge in [0.1, 0.15) is 6.10 Å². The lowest BCUT2D eigenvalue weighted by Gasteiger charge is -2.15. The monoisotopic (exact) mass is 316 g/mol. The van der Waals surface area contributed by atoms with Gasteiger partial charge in [-0.1, -0.05) is 0 Å². The Morgan fingerprint density at radius 3 is 2.94 bits per heavy atom. The summed E-state index contributed by atoms with van der Waals surface area (Å²) in [4.78, 5) is 15.3. The second-order valence-corrected chi connectivity index (χ2v) is 6.90. The van der Waals surface area contributed by atoms with Gasteiger partial charge in [0.05, 0.1) is 5.69 Å². The van der Waals surface area contributed by atoms with Gasteiger partial charge < -0.3 is 10.5 Å². The summed E-state index contributed by atoms with van der Waals surface area (Å²) in [5, 5.41) is 2.07. The van der Waals surface area contributed by atoms with Crippen LogP contribution in [0.15, 0.2) is 9.30 Å². The molecule has 1 aromatic heterocycles. The topological polar surface area (TPSA) is 65.2 Å². The van der Waals surface area contributed by atoms with E-state index in [1.54, 1.807) is 11.3 Å². The van der Waals surface area contributed by atoms with Crippen molar-refractivity contribution >= 4 is 33.4 Å². The van der Waals surface area contributed by atoms with Gasteiger partial charge in [0.25, 0.3) is 0 Å². The summed E-state index contributed by atoms with van der Waals surface area (Å²) in [5.74, 6) is 1.39. The van der Waals surface area contributed by atoms with Crippen molar-refractivity contribution in [3.05, 3.63) is 15.0 Å². The van der Waals surface area contributed by atoms with Gasteiger partial charge in [-0.25, -0.2) is 9.78 Å². The molecule has 0 bridgehead atoms. The fourth-order valence-electron chi connectivity index (χ4n) is 2.44. The zero-order valence-electron chi connectivity index (χ0n) is 9.14. The number of hydrogen-bond donors (Lipinski definition) is 1. The second kappa shape index (κ2) is 4.24. The second-order valence-electron chi connectivity index (χ2n) is 4.77. The first kappa shape index (κ1) is 11.5. The van der Waals surface area contributed by atoms with Crippen LogP contribution in [0, 0.1) is 11.8 Å². The molecule has 92 valence electrons. The molecule has 17 heavy (non-hydrogen) atoms. The fourth-order valence-corrected chi connectivity index (χ4v) is 3.53. The Hall–Kier alpha value is -0.620. The molecule has 0 saturated heterocycles. The van der Waals surface area contributed by atoms with E-state index in [1.807, 2.05) is 0 Å². The third-order valence-electron chi connectivity index (χ3n) is 3.47. The number of rotatable bonds is 4. The number of amides is 1. The number of nitrogens with zero attached hydrogens (tertiary/aromatic N) is 1. The van der Waals surface area contributed by atoms with Gasteiger partial charge in [0, 0.05) is 17.2 Å². The summed E-state index contributed by atoms with van der Waals surface area (Å²) in [6.45, 7) is 0. The highest BCUT2D eigenvalue weighted by Crippen LogP contribution is 2.55. The molecule has 0 radical (unpaired) electrons. The van der Waals surface area contributed by atoms with Crippen molar-refractivity contribution in [3.8, 4) is 0 Å². The Balaban J connectivity index is 1.67. The molecule has 1 unspecified atom stereocenters. The van der Waals surface area contributed by atoms with Crippen LogP contribution in [0.1, 0.15) is 30.9 Å². The first-order valence-electron chi connectivity index (χ1n) is 5.72. The lowest BCUT2D eigenvalue weighted by atomic mass is 10.1. The molecule has 0 aliphatic heterocycles. The summed E-state index contributed by atoms with van der Waals surface area (Å²) in [6.07, 6.45) is 2.74. The minimum Gasteiger partial charge on any atom is -0.446 e. The Kier molecular flexibility index (Phi) is 2.86. The van der Waals surface area contributed by atoms with Crippen LogP contribution in [0.25, 0.3) is 0 Å². The van der Waals surface area contributed by atoms with Crippen LogP contribution in [-0.4, -0.2) is 17.2 Å². The van der Waals surface area contributed by atoms with E-state index in [-0.39, 0.29) is 6.10 Å². The van der Waals surface area contributed by atoms with Gasteiger partial charge >= 0.3 is 6.09 Å². The highest BCUT2D eigenvalue weighted by Gasteiger charge is 2.52. The largest absolute Gasteiger partial charge is 0.446 e. The molecule has 6 heteroatoms. The third kappa shape index (κ3) is 2.47. The molecule has 3 atom stereocenters. The van der Waals surface area contributed by atoms with Gasteiger partial charge in [-0.15, -0.1) is 11.3 Å². The number of primary amides is 1. The van der Waals surface area contributed by atoms with Crippen molar-refractivity contribution in [3.63, 3.8) is 0 Å². The van der Waals surface area contributed by atoms with E-state index in [0.717, 1.165) is 28.9 Å². The Morgan fingerprint density at radius 2 is 2.41 bits per heavy atom. The number of halogens is 1. The molecule has 0 aromatic carbocycles. The van der Waals surface area contributed by atoms with E-state index in [1.165, 1.54) is 0 Å². The predicted octanol–water partition coefficient (Wildman–Crippen LogP) is 2.88. The van der Waals surface area contributed by atoms with Crippen LogP contribution in [0.3, 0.4) is 0 Å². The predicted molar refractivity (Wildman–Crippen MR) is 67.8 cm³/mol. The van der Waals surface area contributed by atoms with Crippen LogP contribution >= 0.6 is 27.3 Å². The van der Waals surface area contributed by atoms with Gasteiger partial charge in [-0.3, -0.25) is 0 Å². The summed E-state index contributed by atoms with van der Waals surface area (Å²) in [5.41, 5.74) is 6.25. The van der Waals surface area contributed by atoms with Crippen molar-refractivity contribution < 1.29 is 9.53 Å². The Morgan fingerprint density at radius 1 is 1.65 bits per heavy atom. The molecule has 1 amide bonds. The summed E-state index contributed by atoms with van der Waals surface area (Å²) < 4.78 is 6.17. The standard InChI is InChI=1S/C11H13BrN2O2S/c12-10-14-8(4-17-10)6-3-7(6)9(5-1-2-5)16-11(13)15/h4-7,9H,1-3H2,(H2,13,15)/t6-,7-,9?/m1/s1. The first-order valence-corrected chi connectivity index (χ1v) is 7.39. The first-order chi connectivity index (χ1) is 8.15. The van der Waals surface area contributed by atoms with E-state index < -0.39 is 6.09 Å². The highest BCUT2D eigenvalue weighted by atomic mass is 79.9. The van der Waals surface area contributed by atoms with Crippen LogP contribution in [0.4, 0.5) is 4.79 Å². The molecule has 1 heterocycles. The fraction of sp³-hybridized carbons (Fsp3) is 0.636. The zero-order valence-corrected chi connectivity index (χ0v) is 11.5. The van der Waals surface area contributed by atoms with Crippen LogP contribution in [0.5, 0.6) is 0 Å². The van der Waals surface area contributed by atoms with E-state index in [2.05, 4.69) is 26.3 Å². The molecule has 2 N–H and O–H groups in total. The number of ether oxygens (including phenoxy) is 1. The molecular weight excluding hydrogens is 304 g/mol. The van der Waals surface area contributed by atoms with Crippen LogP contribution in [-0.2, 0) is 4.74 Å². The molecule has 2 fully saturated rings. The molecule has 2 saturated carbocycles. The van der Waals surface area contributed by atoms with Gasteiger partial charge in [-0.2, -0.15) is 0 Å². The maximum Gasteiger partial charge on any atom is 0.404 e. The quantitative estimate of drug-likeness (QED) is 0.928. The van der Waals surface area contributed by atoms with Crippen LogP contribution < -0.4 is 5.73 Å². The lowest BCUT2D eigenvalue weighted by Crippen LogP contribution is -2.26. The molecular formula is C11H13BrN2O2S. The lowest BCUT2D eigenvalue weighted by molar-refractivity contribution is 0.0783. The minimum atomic E-state index is -0.646. The van der Waals surface area contributed by atoms with Crippen molar-refractivity contribution in [2.24, 2.45) is 17.6 Å².